The molecule has 0 aromatic heterocycles. The fraction of sp³-hybridized carbons (Fsp3) is 0.143. The summed E-state index contributed by atoms with van der Waals surface area (Å²) in [6.45, 7) is 8.88. The molecule has 0 saturated carbocycles. The first-order valence-corrected chi connectivity index (χ1v) is 2.67. The van der Waals surface area contributed by atoms with Crippen molar-refractivity contribution >= 4 is 0 Å². The molecule has 0 aliphatic rings. The second-order valence-electron chi connectivity index (χ2n) is 1.74. The van der Waals surface area contributed by atoms with Crippen LogP contribution in [0.5, 0.6) is 0 Å². The maximum atomic E-state index is 5.24. The normalized spacial score (nSPS) is 10.6. The topological polar surface area (TPSA) is 38.0 Å². The average Bonchev–Trinajstić information content (AvgIpc) is 1.63. The summed E-state index contributed by atoms with van der Waals surface area (Å²) in [5, 5.41) is 2.82. The Bertz CT molecular complexity index is 150. The zero-order valence-corrected chi connectivity index (χ0v) is 5.65. The average molecular weight is 126 g/mol. The van der Waals surface area contributed by atoms with E-state index in [0.717, 1.165) is 5.70 Å². The fourth-order valence-corrected chi connectivity index (χ4v) is 0.472. The van der Waals surface area contributed by atoms with Gasteiger partial charge in [-0.1, -0.05) is 19.2 Å². The quantitative estimate of drug-likeness (QED) is 0.560. The smallest absolute Gasteiger partial charge is 0.0928 e. The molecular weight excluding hydrogens is 112 g/mol. The summed E-state index contributed by atoms with van der Waals surface area (Å²) in [7, 11) is 0. The number of hydrogen-bond acceptors (Lipinski definition) is 2. The summed E-state index contributed by atoms with van der Waals surface area (Å²) in [5.74, 6) is 0.450. The van der Waals surface area contributed by atoms with Crippen molar-refractivity contribution in [2.45, 2.75) is 6.92 Å². The van der Waals surface area contributed by atoms with Gasteiger partial charge in [-0.15, -0.1) is 0 Å². The monoisotopic (exact) mass is 126 g/mol. The van der Waals surface area contributed by atoms with Crippen molar-refractivity contribution in [3.8, 4) is 0 Å². The summed E-state index contributed by atoms with van der Waals surface area (Å²) < 4.78 is 0. The molecule has 0 amide bonds. The van der Waals surface area contributed by atoms with Gasteiger partial charge in [0.05, 0.1) is 5.82 Å². The third kappa shape index (κ3) is 4.68. The minimum atomic E-state index is 0. The molecule has 9 heavy (non-hydrogen) atoms. The summed E-state index contributed by atoms with van der Waals surface area (Å²) in [6.07, 6.45) is 3.50. The first-order chi connectivity index (χ1) is 4.16. The molecule has 0 aliphatic carbocycles. The van der Waals surface area contributed by atoms with Crippen LogP contribution < -0.4 is 11.1 Å². The maximum Gasteiger partial charge on any atom is 0.0928 e. The van der Waals surface area contributed by atoms with Crippen molar-refractivity contribution < 1.29 is 1.43 Å². The molecular formula is C7H14N2. The van der Waals surface area contributed by atoms with Gasteiger partial charge >= 0.3 is 0 Å². The predicted octanol–water partition coefficient (Wildman–Crippen LogP) is 1.34. The number of rotatable bonds is 3. The zero-order chi connectivity index (χ0) is 7.28. The van der Waals surface area contributed by atoms with Gasteiger partial charge in [-0.05, 0) is 13.0 Å². The number of allylic oxidation sites excluding steroid dienone is 3. The first-order valence-electron chi connectivity index (χ1n) is 2.67. The molecule has 52 valence electrons. The van der Waals surface area contributed by atoms with E-state index in [0.29, 0.717) is 5.82 Å². The van der Waals surface area contributed by atoms with Gasteiger partial charge in [0, 0.05) is 7.12 Å². The Morgan fingerprint density at radius 1 is 1.78 bits per heavy atom. The van der Waals surface area contributed by atoms with Crippen LogP contribution in [0.25, 0.3) is 0 Å². The van der Waals surface area contributed by atoms with E-state index in [1.54, 1.807) is 6.08 Å². The SMILES string of the molecule is C=C/C=C(\C)NC(=C)N.[HH]. The zero-order valence-electron chi connectivity index (χ0n) is 5.65. The minimum absolute atomic E-state index is 0. The Morgan fingerprint density at radius 3 is 2.67 bits per heavy atom. The first kappa shape index (κ1) is 7.82. The van der Waals surface area contributed by atoms with Crippen LogP contribution in [0, 0.1) is 0 Å². The highest BCUT2D eigenvalue weighted by atomic mass is 15.0. The van der Waals surface area contributed by atoms with Crippen LogP contribution in [0.3, 0.4) is 0 Å². The lowest BCUT2D eigenvalue weighted by molar-refractivity contribution is 0.954. The summed E-state index contributed by atoms with van der Waals surface area (Å²) >= 11 is 0. The van der Waals surface area contributed by atoms with E-state index >= 15 is 0 Å². The highest BCUT2D eigenvalue weighted by Crippen LogP contribution is 1.86. The number of hydrogen-bond donors (Lipinski definition) is 2. The van der Waals surface area contributed by atoms with Crippen molar-refractivity contribution in [3.63, 3.8) is 0 Å². The Morgan fingerprint density at radius 2 is 2.33 bits per heavy atom. The molecule has 0 saturated heterocycles. The molecule has 0 radical (unpaired) electrons. The van der Waals surface area contributed by atoms with E-state index in [-0.39, 0.29) is 1.43 Å². The van der Waals surface area contributed by atoms with Gasteiger partial charge < -0.3 is 11.1 Å². The molecule has 0 aromatic carbocycles. The van der Waals surface area contributed by atoms with Crippen LogP contribution in [-0.2, 0) is 0 Å². The summed E-state index contributed by atoms with van der Waals surface area (Å²) in [6, 6.07) is 0. The van der Waals surface area contributed by atoms with Crippen LogP contribution in [0.4, 0.5) is 0 Å². The minimum Gasteiger partial charge on any atom is -0.386 e. The predicted molar refractivity (Wildman–Crippen MR) is 42.5 cm³/mol. The van der Waals surface area contributed by atoms with Crippen LogP contribution >= 0.6 is 0 Å². The maximum absolute atomic E-state index is 5.24. The summed E-state index contributed by atoms with van der Waals surface area (Å²) in [4.78, 5) is 0. The molecule has 0 unspecified atom stereocenters. The van der Waals surface area contributed by atoms with Gasteiger partial charge in [-0.2, -0.15) is 0 Å². The van der Waals surface area contributed by atoms with E-state index in [4.69, 9.17) is 5.73 Å². The molecule has 2 heteroatoms. The van der Waals surface area contributed by atoms with Crippen molar-refractivity contribution in [3.05, 3.63) is 36.8 Å². The van der Waals surface area contributed by atoms with Crippen LogP contribution in [0.2, 0.25) is 0 Å². The second kappa shape index (κ2) is 3.78. The summed E-state index contributed by atoms with van der Waals surface area (Å²) in [5.41, 5.74) is 6.19. The highest BCUT2D eigenvalue weighted by Gasteiger charge is 1.82. The van der Waals surface area contributed by atoms with Gasteiger partial charge in [-0.25, -0.2) is 0 Å². The van der Waals surface area contributed by atoms with Crippen molar-refractivity contribution in [2.24, 2.45) is 5.73 Å². The number of nitrogens with one attached hydrogen (secondary N) is 1. The van der Waals surface area contributed by atoms with Gasteiger partial charge in [0.1, 0.15) is 0 Å². The lowest BCUT2D eigenvalue weighted by Crippen LogP contribution is -2.15. The number of nitrogens with two attached hydrogens (primary N) is 1. The lowest BCUT2D eigenvalue weighted by Gasteiger charge is -2.01. The molecule has 3 N–H and O–H groups in total. The van der Waals surface area contributed by atoms with Gasteiger partial charge in [0.25, 0.3) is 0 Å². The van der Waals surface area contributed by atoms with E-state index in [2.05, 4.69) is 18.5 Å². The molecule has 0 rings (SSSR count). The van der Waals surface area contributed by atoms with Crippen LogP contribution in [-0.4, -0.2) is 0 Å². The van der Waals surface area contributed by atoms with Gasteiger partial charge in [-0.3, -0.25) is 0 Å². The van der Waals surface area contributed by atoms with Gasteiger partial charge in [0.2, 0.25) is 0 Å². The van der Waals surface area contributed by atoms with Crippen LogP contribution in [0.1, 0.15) is 8.35 Å². The van der Waals surface area contributed by atoms with Crippen molar-refractivity contribution in [2.75, 3.05) is 0 Å². The third-order valence-corrected chi connectivity index (χ3v) is 0.726. The Hall–Kier alpha value is -1.18. The van der Waals surface area contributed by atoms with Crippen molar-refractivity contribution in [1.29, 1.82) is 0 Å². The van der Waals surface area contributed by atoms with E-state index in [1.807, 2.05) is 13.0 Å². The Balaban J connectivity index is 0. The Kier molecular flexibility index (Phi) is 3.28. The molecule has 0 aliphatic heterocycles. The van der Waals surface area contributed by atoms with E-state index in [1.165, 1.54) is 0 Å². The van der Waals surface area contributed by atoms with E-state index < -0.39 is 0 Å². The van der Waals surface area contributed by atoms with Crippen molar-refractivity contribution in [1.82, 2.24) is 5.32 Å². The highest BCUT2D eigenvalue weighted by molar-refractivity contribution is 5.09. The largest absolute Gasteiger partial charge is 0.386 e. The standard InChI is InChI=1S/C7H12N2.H2/c1-4-5-6(2)9-7(3)8;/h4-5,9H,1,3,8H2,2H3;1H/b6-5+;. The molecule has 0 fully saturated rings. The molecule has 0 spiro atoms. The van der Waals surface area contributed by atoms with Crippen LogP contribution in [0.15, 0.2) is 36.8 Å². The second-order valence-corrected chi connectivity index (χ2v) is 1.74. The fourth-order valence-electron chi connectivity index (χ4n) is 0.472. The lowest BCUT2D eigenvalue weighted by atomic mass is 10.4. The molecule has 0 bridgehead atoms. The third-order valence-electron chi connectivity index (χ3n) is 0.726. The van der Waals surface area contributed by atoms with Gasteiger partial charge in [0.15, 0.2) is 0 Å². The molecule has 2 nitrogen and oxygen atoms in total. The molecule has 0 atom stereocenters. The molecule has 0 heterocycles. The Labute approximate surface area is 57.2 Å². The molecule has 0 aromatic rings. The van der Waals surface area contributed by atoms with E-state index in [9.17, 15) is 0 Å².